The summed E-state index contributed by atoms with van der Waals surface area (Å²) in [6.07, 6.45) is 3.93. The summed E-state index contributed by atoms with van der Waals surface area (Å²) in [5.74, 6) is 1.05. The topological polar surface area (TPSA) is 55.5 Å². The summed E-state index contributed by atoms with van der Waals surface area (Å²) >= 11 is 0. The quantitative estimate of drug-likeness (QED) is 0.731. The van der Waals surface area contributed by atoms with E-state index in [1.165, 1.54) is 0 Å². The van der Waals surface area contributed by atoms with Gasteiger partial charge in [0, 0.05) is 18.0 Å². The maximum atomic E-state index is 10.8. The number of benzene rings is 1. The second kappa shape index (κ2) is 9.06. The third-order valence-corrected chi connectivity index (χ3v) is 4.39. The first-order chi connectivity index (χ1) is 10.1. The van der Waals surface area contributed by atoms with Crippen molar-refractivity contribution in [3.63, 3.8) is 0 Å². The number of nitrogens with two attached hydrogens (primary N) is 1. The van der Waals surface area contributed by atoms with E-state index >= 15 is 0 Å². The molecule has 3 N–H and O–H groups in total. The Kier molecular flexibility index (Phi) is 7.76. The Hall–Kier alpha value is -1.06. The van der Waals surface area contributed by atoms with Crippen molar-refractivity contribution in [3.05, 3.63) is 29.3 Å². The van der Waals surface area contributed by atoms with E-state index in [2.05, 4.69) is 26.8 Å². The molecule has 1 rings (SSSR count). The molecule has 0 aliphatic heterocycles. The number of methoxy groups -OCH3 is 1. The zero-order valence-corrected chi connectivity index (χ0v) is 13.9. The van der Waals surface area contributed by atoms with Crippen molar-refractivity contribution >= 4 is 0 Å². The minimum atomic E-state index is -0.415. The molecule has 0 fully saturated rings. The monoisotopic (exact) mass is 293 g/mol. The number of aliphatic hydroxyl groups excluding tert-OH is 1. The predicted molar refractivity (Wildman–Crippen MR) is 88.8 cm³/mol. The number of hydrogen-bond donors (Lipinski definition) is 2. The molecular formula is C18H31NO2. The molecule has 3 atom stereocenters. The van der Waals surface area contributed by atoms with Crippen LogP contribution in [0.1, 0.15) is 56.6 Å². The molecule has 3 unspecified atom stereocenters. The van der Waals surface area contributed by atoms with Crippen LogP contribution >= 0.6 is 0 Å². The molecular weight excluding hydrogens is 262 g/mol. The zero-order chi connectivity index (χ0) is 15.8. The molecule has 3 nitrogen and oxygen atoms in total. The summed E-state index contributed by atoms with van der Waals surface area (Å²) in [6.45, 7) is 6.81. The highest BCUT2D eigenvalue weighted by Gasteiger charge is 2.28. The summed E-state index contributed by atoms with van der Waals surface area (Å²) in [6, 6.07) is 6.08. The van der Waals surface area contributed by atoms with Gasteiger partial charge in [0.1, 0.15) is 5.75 Å². The van der Waals surface area contributed by atoms with Crippen molar-refractivity contribution in [1.29, 1.82) is 0 Å². The van der Waals surface area contributed by atoms with E-state index in [1.807, 2.05) is 12.1 Å². The van der Waals surface area contributed by atoms with Crippen molar-refractivity contribution in [2.24, 2.45) is 11.7 Å². The molecule has 0 saturated carbocycles. The van der Waals surface area contributed by atoms with Gasteiger partial charge in [0.15, 0.2) is 0 Å². The number of hydrogen-bond acceptors (Lipinski definition) is 3. The number of ether oxygens (including phenoxy) is 1. The lowest BCUT2D eigenvalue weighted by atomic mass is 9.81. The first-order valence-corrected chi connectivity index (χ1v) is 8.11. The minimum absolute atomic E-state index is 0.0679. The molecule has 0 radical (unpaired) electrons. The summed E-state index contributed by atoms with van der Waals surface area (Å²) in [7, 11) is 1.67. The molecule has 3 heteroatoms. The average molecular weight is 293 g/mol. The molecule has 0 bridgehead atoms. The molecule has 0 aliphatic rings. The molecule has 21 heavy (non-hydrogen) atoms. The van der Waals surface area contributed by atoms with Crippen molar-refractivity contribution in [2.45, 2.75) is 58.5 Å². The molecule has 0 heterocycles. The van der Waals surface area contributed by atoms with Crippen LogP contribution in [0, 0.1) is 12.8 Å². The lowest BCUT2D eigenvalue weighted by Gasteiger charge is -2.30. The Balaban J connectivity index is 3.02. The normalized spacial score (nSPS) is 15.5. The Labute approximate surface area is 129 Å². The van der Waals surface area contributed by atoms with Gasteiger partial charge >= 0.3 is 0 Å². The fraction of sp³-hybridized carbons (Fsp3) is 0.667. The first kappa shape index (κ1) is 18.0. The Morgan fingerprint density at radius 3 is 2.52 bits per heavy atom. The zero-order valence-electron chi connectivity index (χ0n) is 13.9. The highest BCUT2D eigenvalue weighted by Crippen LogP contribution is 2.34. The molecule has 0 amide bonds. The Morgan fingerprint density at radius 2 is 2.00 bits per heavy atom. The highest BCUT2D eigenvalue weighted by molar-refractivity contribution is 5.40. The molecule has 0 aromatic heterocycles. The predicted octanol–water partition coefficient (Wildman–Crippen LogP) is 3.62. The van der Waals surface area contributed by atoms with E-state index < -0.39 is 6.10 Å². The van der Waals surface area contributed by atoms with Gasteiger partial charge in [-0.3, -0.25) is 0 Å². The largest absolute Gasteiger partial charge is 0.496 e. The van der Waals surface area contributed by atoms with Gasteiger partial charge in [0.05, 0.1) is 13.2 Å². The molecule has 1 aromatic carbocycles. The van der Waals surface area contributed by atoms with Crippen molar-refractivity contribution in [2.75, 3.05) is 13.7 Å². The van der Waals surface area contributed by atoms with E-state index in [4.69, 9.17) is 10.5 Å². The molecule has 1 aromatic rings. The van der Waals surface area contributed by atoms with Crippen LogP contribution in [0.5, 0.6) is 5.75 Å². The van der Waals surface area contributed by atoms with Crippen LogP contribution in [0.2, 0.25) is 0 Å². The van der Waals surface area contributed by atoms with Crippen LogP contribution in [0.15, 0.2) is 18.2 Å². The number of aryl methyl sites for hydroxylation is 1. The van der Waals surface area contributed by atoms with Crippen LogP contribution in [0.25, 0.3) is 0 Å². The van der Waals surface area contributed by atoms with Crippen LogP contribution in [-0.4, -0.2) is 24.9 Å². The van der Waals surface area contributed by atoms with Gasteiger partial charge in [-0.2, -0.15) is 0 Å². The average Bonchev–Trinajstić information content (AvgIpc) is 2.49. The molecule has 0 spiro atoms. The summed E-state index contributed by atoms with van der Waals surface area (Å²) in [5.41, 5.74) is 8.18. The van der Waals surface area contributed by atoms with Gasteiger partial charge in [-0.1, -0.05) is 50.8 Å². The van der Waals surface area contributed by atoms with Gasteiger partial charge in [-0.15, -0.1) is 0 Å². The van der Waals surface area contributed by atoms with E-state index in [9.17, 15) is 5.11 Å². The lowest BCUT2D eigenvalue weighted by Crippen LogP contribution is -2.32. The van der Waals surface area contributed by atoms with Gasteiger partial charge in [-0.25, -0.2) is 0 Å². The Morgan fingerprint density at radius 1 is 1.29 bits per heavy atom. The van der Waals surface area contributed by atoms with Crippen LogP contribution in [0.4, 0.5) is 0 Å². The third kappa shape index (κ3) is 4.72. The molecule has 0 aliphatic carbocycles. The number of aliphatic hydroxyl groups is 1. The van der Waals surface area contributed by atoms with Gasteiger partial charge < -0.3 is 15.6 Å². The highest BCUT2D eigenvalue weighted by atomic mass is 16.5. The second-order valence-corrected chi connectivity index (χ2v) is 5.89. The standard InChI is InChI=1S/C18H31NO2/c1-5-7-8-14(6-2)18(20)16(12-19)15-11-13(3)9-10-17(15)21-4/h9-11,14,16,18,20H,5-8,12,19H2,1-4H3. The Bertz CT molecular complexity index is 420. The minimum Gasteiger partial charge on any atom is -0.496 e. The summed E-state index contributed by atoms with van der Waals surface area (Å²) in [4.78, 5) is 0. The van der Waals surface area contributed by atoms with Crippen LogP contribution in [0.3, 0.4) is 0 Å². The van der Waals surface area contributed by atoms with E-state index in [0.717, 1.165) is 42.6 Å². The van der Waals surface area contributed by atoms with Gasteiger partial charge in [0.25, 0.3) is 0 Å². The van der Waals surface area contributed by atoms with Crippen molar-refractivity contribution in [3.8, 4) is 5.75 Å². The smallest absolute Gasteiger partial charge is 0.122 e. The van der Waals surface area contributed by atoms with Gasteiger partial charge in [-0.05, 0) is 25.3 Å². The van der Waals surface area contributed by atoms with Crippen LogP contribution < -0.4 is 10.5 Å². The van der Waals surface area contributed by atoms with Crippen molar-refractivity contribution in [1.82, 2.24) is 0 Å². The van der Waals surface area contributed by atoms with E-state index in [1.54, 1.807) is 7.11 Å². The van der Waals surface area contributed by atoms with E-state index in [-0.39, 0.29) is 5.92 Å². The summed E-state index contributed by atoms with van der Waals surface area (Å²) < 4.78 is 5.46. The first-order valence-electron chi connectivity index (χ1n) is 8.11. The summed E-state index contributed by atoms with van der Waals surface area (Å²) in [5, 5.41) is 10.8. The fourth-order valence-electron chi connectivity index (χ4n) is 3.01. The number of unbranched alkanes of at least 4 members (excludes halogenated alkanes) is 1. The SMILES string of the molecule is CCCCC(CC)C(O)C(CN)c1cc(C)ccc1OC. The van der Waals surface area contributed by atoms with Gasteiger partial charge in [0.2, 0.25) is 0 Å². The van der Waals surface area contributed by atoms with Crippen LogP contribution in [-0.2, 0) is 0 Å². The maximum absolute atomic E-state index is 10.8. The maximum Gasteiger partial charge on any atom is 0.122 e. The second-order valence-electron chi connectivity index (χ2n) is 5.89. The lowest BCUT2D eigenvalue weighted by molar-refractivity contribution is 0.0735. The third-order valence-electron chi connectivity index (χ3n) is 4.39. The molecule has 120 valence electrons. The van der Waals surface area contributed by atoms with E-state index in [0.29, 0.717) is 12.5 Å². The molecule has 0 saturated heterocycles. The fourth-order valence-corrected chi connectivity index (χ4v) is 3.01. The number of rotatable bonds is 9. The van der Waals surface area contributed by atoms with Crippen molar-refractivity contribution < 1.29 is 9.84 Å².